The fourth-order valence-electron chi connectivity index (χ4n) is 2.65. The van der Waals surface area contributed by atoms with E-state index in [9.17, 15) is 4.79 Å². The number of hydrogen-bond acceptors (Lipinski definition) is 3. The standard InChI is InChI=1S/C15H12N4O/c1-9-5-6-19-13(8-17-15(19)18-9)10-3-2-4-11-12(10)7-16-14(11)20/h2-6,8H,7H2,1H3,(H,16,20). The van der Waals surface area contributed by atoms with Crippen LogP contribution in [0.3, 0.4) is 0 Å². The van der Waals surface area contributed by atoms with Crippen LogP contribution >= 0.6 is 0 Å². The Labute approximate surface area is 115 Å². The Morgan fingerprint density at radius 3 is 3.00 bits per heavy atom. The minimum absolute atomic E-state index is 0.00959. The van der Waals surface area contributed by atoms with Crippen LogP contribution in [0.15, 0.2) is 36.7 Å². The minimum atomic E-state index is -0.00959. The Bertz CT molecular complexity index is 850. The third-order valence-electron chi connectivity index (χ3n) is 3.64. The van der Waals surface area contributed by atoms with Gasteiger partial charge in [0.05, 0.1) is 11.9 Å². The fraction of sp³-hybridized carbons (Fsp3) is 0.133. The maximum Gasteiger partial charge on any atom is 0.251 e. The first-order valence-electron chi connectivity index (χ1n) is 6.45. The van der Waals surface area contributed by atoms with Gasteiger partial charge in [0.1, 0.15) is 0 Å². The number of imidazole rings is 1. The van der Waals surface area contributed by atoms with Crippen LogP contribution in [0.4, 0.5) is 0 Å². The fourth-order valence-corrected chi connectivity index (χ4v) is 2.65. The molecule has 0 saturated carbocycles. The number of amides is 1. The first kappa shape index (κ1) is 11.2. The van der Waals surface area contributed by atoms with Crippen LogP contribution in [0.25, 0.3) is 17.0 Å². The summed E-state index contributed by atoms with van der Waals surface area (Å²) in [6, 6.07) is 7.72. The molecule has 1 N–H and O–H groups in total. The molecular formula is C15H12N4O. The van der Waals surface area contributed by atoms with Gasteiger partial charge in [-0.1, -0.05) is 12.1 Å². The molecule has 0 aliphatic carbocycles. The summed E-state index contributed by atoms with van der Waals surface area (Å²) >= 11 is 0. The molecule has 5 nitrogen and oxygen atoms in total. The van der Waals surface area contributed by atoms with E-state index in [1.165, 1.54) is 0 Å². The Hall–Kier alpha value is -2.69. The van der Waals surface area contributed by atoms with Gasteiger partial charge >= 0.3 is 0 Å². The highest BCUT2D eigenvalue weighted by Gasteiger charge is 2.23. The van der Waals surface area contributed by atoms with Crippen molar-refractivity contribution in [2.24, 2.45) is 0 Å². The summed E-state index contributed by atoms with van der Waals surface area (Å²) in [5, 5.41) is 2.86. The third kappa shape index (κ3) is 1.46. The van der Waals surface area contributed by atoms with Gasteiger partial charge in [0.25, 0.3) is 5.91 Å². The molecule has 3 aromatic rings. The number of nitrogens with zero attached hydrogens (tertiary/aromatic N) is 3. The molecule has 0 unspecified atom stereocenters. The molecule has 4 rings (SSSR count). The smallest absolute Gasteiger partial charge is 0.251 e. The second-order valence-corrected chi connectivity index (χ2v) is 4.90. The quantitative estimate of drug-likeness (QED) is 0.730. The molecule has 0 bridgehead atoms. The maximum atomic E-state index is 11.7. The zero-order chi connectivity index (χ0) is 13.7. The van der Waals surface area contributed by atoms with Crippen molar-refractivity contribution in [2.75, 3.05) is 0 Å². The van der Waals surface area contributed by atoms with Crippen LogP contribution in [-0.4, -0.2) is 20.3 Å². The molecule has 1 aliphatic heterocycles. The molecular weight excluding hydrogens is 252 g/mol. The summed E-state index contributed by atoms with van der Waals surface area (Å²) in [5.41, 5.74) is 4.70. The number of benzene rings is 1. The molecule has 0 spiro atoms. The van der Waals surface area contributed by atoms with Gasteiger partial charge in [-0.3, -0.25) is 9.20 Å². The molecule has 0 fully saturated rings. The minimum Gasteiger partial charge on any atom is -0.348 e. The Balaban J connectivity index is 1.99. The lowest BCUT2D eigenvalue weighted by molar-refractivity contribution is 0.0966. The average Bonchev–Trinajstić information content (AvgIpc) is 3.03. The second-order valence-electron chi connectivity index (χ2n) is 4.90. The monoisotopic (exact) mass is 264 g/mol. The van der Waals surface area contributed by atoms with E-state index in [1.807, 2.05) is 41.8 Å². The highest BCUT2D eigenvalue weighted by atomic mass is 16.1. The van der Waals surface area contributed by atoms with Crippen LogP contribution in [0.5, 0.6) is 0 Å². The van der Waals surface area contributed by atoms with Gasteiger partial charge in [0.2, 0.25) is 5.78 Å². The topological polar surface area (TPSA) is 59.3 Å². The number of nitrogens with one attached hydrogen (secondary N) is 1. The summed E-state index contributed by atoms with van der Waals surface area (Å²) in [5.74, 6) is 0.666. The van der Waals surface area contributed by atoms with E-state index in [0.717, 1.165) is 28.1 Å². The van der Waals surface area contributed by atoms with Crippen molar-refractivity contribution in [3.05, 3.63) is 53.5 Å². The molecule has 1 aromatic carbocycles. The number of aryl methyl sites for hydroxylation is 1. The third-order valence-corrected chi connectivity index (χ3v) is 3.64. The van der Waals surface area contributed by atoms with Crippen LogP contribution in [0.1, 0.15) is 21.6 Å². The van der Waals surface area contributed by atoms with Crippen molar-refractivity contribution < 1.29 is 4.79 Å². The van der Waals surface area contributed by atoms with Crippen molar-refractivity contribution in [2.45, 2.75) is 13.5 Å². The number of aromatic nitrogens is 3. The highest BCUT2D eigenvalue weighted by Crippen LogP contribution is 2.29. The highest BCUT2D eigenvalue weighted by molar-refractivity contribution is 6.00. The molecule has 20 heavy (non-hydrogen) atoms. The van der Waals surface area contributed by atoms with Crippen molar-refractivity contribution in [3.63, 3.8) is 0 Å². The Morgan fingerprint density at radius 2 is 2.10 bits per heavy atom. The van der Waals surface area contributed by atoms with Crippen LogP contribution < -0.4 is 5.32 Å². The Kier molecular flexibility index (Phi) is 2.18. The van der Waals surface area contributed by atoms with E-state index in [0.29, 0.717) is 12.3 Å². The summed E-state index contributed by atoms with van der Waals surface area (Å²) in [6.07, 6.45) is 3.77. The van der Waals surface area contributed by atoms with E-state index in [2.05, 4.69) is 15.3 Å². The molecule has 1 aliphatic rings. The van der Waals surface area contributed by atoms with Crippen LogP contribution in [0, 0.1) is 6.92 Å². The van der Waals surface area contributed by atoms with Gasteiger partial charge in [-0.05, 0) is 24.6 Å². The summed E-state index contributed by atoms with van der Waals surface area (Å²) in [4.78, 5) is 20.5. The maximum absolute atomic E-state index is 11.7. The largest absolute Gasteiger partial charge is 0.348 e. The summed E-state index contributed by atoms with van der Waals surface area (Å²) in [7, 11) is 0. The van der Waals surface area contributed by atoms with Crippen molar-refractivity contribution in [1.29, 1.82) is 0 Å². The predicted octanol–water partition coefficient (Wildman–Crippen LogP) is 1.95. The van der Waals surface area contributed by atoms with Crippen molar-refractivity contribution >= 4 is 11.7 Å². The number of rotatable bonds is 1. The zero-order valence-corrected chi connectivity index (χ0v) is 10.9. The average molecular weight is 264 g/mol. The summed E-state index contributed by atoms with van der Waals surface area (Å²) in [6.45, 7) is 2.51. The van der Waals surface area contributed by atoms with Gasteiger partial charge in [0, 0.05) is 29.6 Å². The van der Waals surface area contributed by atoms with Gasteiger partial charge in [0.15, 0.2) is 0 Å². The van der Waals surface area contributed by atoms with Gasteiger partial charge < -0.3 is 5.32 Å². The molecule has 3 heterocycles. The lowest BCUT2D eigenvalue weighted by Gasteiger charge is -2.06. The van der Waals surface area contributed by atoms with E-state index >= 15 is 0 Å². The molecule has 1 amide bonds. The molecule has 2 aromatic heterocycles. The normalized spacial score (nSPS) is 13.6. The molecule has 0 radical (unpaired) electrons. The van der Waals surface area contributed by atoms with Crippen LogP contribution in [0.2, 0.25) is 0 Å². The molecule has 5 heteroatoms. The van der Waals surface area contributed by atoms with E-state index < -0.39 is 0 Å². The number of fused-ring (bicyclic) bond motifs is 2. The van der Waals surface area contributed by atoms with E-state index in [-0.39, 0.29) is 5.91 Å². The molecule has 98 valence electrons. The second kappa shape index (κ2) is 3.90. The van der Waals surface area contributed by atoms with E-state index in [4.69, 9.17) is 0 Å². The van der Waals surface area contributed by atoms with Crippen LogP contribution in [-0.2, 0) is 6.54 Å². The number of hydrogen-bond donors (Lipinski definition) is 1. The molecule has 0 saturated heterocycles. The zero-order valence-electron chi connectivity index (χ0n) is 10.9. The van der Waals surface area contributed by atoms with Gasteiger partial charge in [-0.15, -0.1) is 0 Å². The number of carbonyl (C=O) groups is 1. The first-order valence-corrected chi connectivity index (χ1v) is 6.45. The first-order chi connectivity index (χ1) is 9.74. The van der Waals surface area contributed by atoms with E-state index in [1.54, 1.807) is 6.20 Å². The Morgan fingerprint density at radius 1 is 1.25 bits per heavy atom. The van der Waals surface area contributed by atoms with Crippen molar-refractivity contribution in [1.82, 2.24) is 19.7 Å². The van der Waals surface area contributed by atoms with Gasteiger partial charge in [-0.2, -0.15) is 0 Å². The van der Waals surface area contributed by atoms with Crippen molar-refractivity contribution in [3.8, 4) is 11.3 Å². The summed E-state index contributed by atoms with van der Waals surface area (Å²) < 4.78 is 1.95. The van der Waals surface area contributed by atoms with Gasteiger partial charge in [-0.25, -0.2) is 9.97 Å². The lowest BCUT2D eigenvalue weighted by Crippen LogP contribution is -2.12. The number of carbonyl (C=O) groups excluding carboxylic acids is 1. The SMILES string of the molecule is Cc1ccn2c(-c3cccc4c3CNC4=O)cnc2n1. The molecule has 0 atom stereocenters. The predicted molar refractivity (Wildman–Crippen MR) is 74.3 cm³/mol. The lowest BCUT2D eigenvalue weighted by atomic mass is 10.0.